The number of nitrogens with zero attached hydrogens (tertiary/aromatic N) is 1. The Kier molecular flexibility index (Phi) is 4.80. The monoisotopic (exact) mass is 263 g/mol. The van der Waals surface area contributed by atoms with Gasteiger partial charge in [0.2, 0.25) is 0 Å². The molecule has 0 amide bonds. The van der Waals surface area contributed by atoms with Gasteiger partial charge in [0.05, 0.1) is 12.5 Å². The molecular weight excluding hydrogens is 242 g/mol. The minimum atomic E-state index is -0.179. The van der Waals surface area contributed by atoms with E-state index in [1.807, 2.05) is 43.3 Å². The van der Waals surface area contributed by atoms with Crippen molar-refractivity contribution in [2.24, 2.45) is 0 Å². The van der Waals surface area contributed by atoms with Crippen LogP contribution in [0.3, 0.4) is 0 Å². The van der Waals surface area contributed by atoms with Crippen molar-refractivity contribution in [1.29, 1.82) is 0 Å². The number of anilines is 1. The molecule has 0 spiro atoms. The van der Waals surface area contributed by atoms with Crippen LogP contribution in [-0.2, 0) is 20.9 Å². The number of esters is 1. The Labute approximate surface area is 114 Å². The first-order valence-electron chi connectivity index (χ1n) is 6.68. The van der Waals surface area contributed by atoms with Crippen molar-refractivity contribution in [3.05, 3.63) is 29.8 Å². The second-order valence-corrected chi connectivity index (χ2v) is 5.06. The van der Waals surface area contributed by atoms with Crippen LogP contribution in [0, 0.1) is 0 Å². The summed E-state index contributed by atoms with van der Waals surface area (Å²) in [6, 6.07) is 7.99. The molecule has 0 N–H and O–H groups in total. The Morgan fingerprint density at radius 2 is 2.32 bits per heavy atom. The van der Waals surface area contributed by atoms with Crippen LogP contribution in [0.15, 0.2) is 24.3 Å². The number of rotatable bonds is 5. The third-order valence-electron chi connectivity index (χ3n) is 3.25. The SMILES string of the molecule is CN(C)c1cccc(COC(=O)CC2CCCO2)c1. The molecule has 19 heavy (non-hydrogen) atoms. The number of carbonyl (C=O) groups is 1. The van der Waals surface area contributed by atoms with Crippen molar-refractivity contribution in [3.8, 4) is 0 Å². The molecule has 1 aromatic rings. The largest absolute Gasteiger partial charge is 0.461 e. The molecule has 1 aliphatic heterocycles. The summed E-state index contributed by atoms with van der Waals surface area (Å²) in [5.74, 6) is -0.179. The summed E-state index contributed by atoms with van der Waals surface area (Å²) in [4.78, 5) is 13.7. The highest BCUT2D eigenvalue weighted by Crippen LogP contribution is 2.17. The number of carbonyl (C=O) groups excluding carboxylic acids is 1. The Morgan fingerprint density at radius 1 is 1.47 bits per heavy atom. The smallest absolute Gasteiger partial charge is 0.308 e. The van der Waals surface area contributed by atoms with Crippen LogP contribution in [0.25, 0.3) is 0 Å². The average Bonchev–Trinajstić information content (AvgIpc) is 2.89. The van der Waals surface area contributed by atoms with E-state index in [1.165, 1.54) is 0 Å². The number of ether oxygens (including phenoxy) is 2. The molecule has 2 rings (SSSR count). The van der Waals surface area contributed by atoms with Crippen LogP contribution in [0.5, 0.6) is 0 Å². The minimum Gasteiger partial charge on any atom is -0.461 e. The van der Waals surface area contributed by atoms with E-state index in [0.717, 1.165) is 30.7 Å². The predicted octanol–water partition coefficient (Wildman–Crippen LogP) is 2.36. The van der Waals surface area contributed by atoms with Crippen LogP contribution in [-0.4, -0.2) is 32.8 Å². The summed E-state index contributed by atoms with van der Waals surface area (Å²) in [7, 11) is 3.98. The van der Waals surface area contributed by atoms with Gasteiger partial charge in [-0.1, -0.05) is 12.1 Å². The Balaban J connectivity index is 1.80. The zero-order chi connectivity index (χ0) is 13.7. The van der Waals surface area contributed by atoms with E-state index in [9.17, 15) is 4.79 Å². The van der Waals surface area contributed by atoms with Crippen molar-refractivity contribution < 1.29 is 14.3 Å². The van der Waals surface area contributed by atoms with Crippen molar-refractivity contribution in [1.82, 2.24) is 0 Å². The van der Waals surface area contributed by atoms with Crippen molar-refractivity contribution in [2.45, 2.75) is 32.0 Å². The van der Waals surface area contributed by atoms with Gasteiger partial charge in [-0.25, -0.2) is 0 Å². The normalized spacial score (nSPS) is 18.3. The predicted molar refractivity (Wildman–Crippen MR) is 74.2 cm³/mol. The first kappa shape index (κ1) is 13.9. The summed E-state index contributed by atoms with van der Waals surface area (Å²) in [5, 5.41) is 0. The maximum Gasteiger partial charge on any atom is 0.308 e. The Bertz CT molecular complexity index is 425. The topological polar surface area (TPSA) is 38.8 Å². The number of hydrogen-bond donors (Lipinski definition) is 0. The molecule has 1 aliphatic rings. The van der Waals surface area contributed by atoms with Crippen LogP contribution in [0.4, 0.5) is 5.69 Å². The van der Waals surface area contributed by atoms with Gasteiger partial charge in [0.25, 0.3) is 0 Å². The summed E-state index contributed by atoms with van der Waals surface area (Å²) >= 11 is 0. The molecule has 1 saturated heterocycles. The number of hydrogen-bond acceptors (Lipinski definition) is 4. The van der Waals surface area contributed by atoms with E-state index in [-0.39, 0.29) is 12.1 Å². The van der Waals surface area contributed by atoms with E-state index in [4.69, 9.17) is 9.47 Å². The lowest BCUT2D eigenvalue weighted by atomic mass is 10.2. The molecule has 0 bridgehead atoms. The lowest BCUT2D eigenvalue weighted by Gasteiger charge is -2.14. The zero-order valence-corrected chi connectivity index (χ0v) is 11.6. The minimum absolute atomic E-state index is 0.0561. The molecule has 1 atom stereocenters. The molecule has 0 aromatic heterocycles. The van der Waals surface area contributed by atoms with Gasteiger partial charge in [0.1, 0.15) is 6.61 Å². The van der Waals surface area contributed by atoms with Crippen molar-refractivity contribution >= 4 is 11.7 Å². The maximum absolute atomic E-state index is 11.7. The molecule has 0 radical (unpaired) electrons. The van der Waals surface area contributed by atoms with Gasteiger partial charge in [0.15, 0.2) is 0 Å². The van der Waals surface area contributed by atoms with Gasteiger partial charge >= 0.3 is 5.97 Å². The van der Waals surface area contributed by atoms with Crippen LogP contribution >= 0.6 is 0 Å². The average molecular weight is 263 g/mol. The lowest BCUT2D eigenvalue weighted by Crippen LogP contribution is -2.15. The van der Waals surface area contributed by atoms with Gasteiger partial charge in [-0.3, -0.25) is 4.79 Å². The van der Waals surface area contributed by atoms with Gasteiger partial charge in [-0.15, -0.1) is 0 Å². The lowest BCUT2D eigenvalue weighted by molar-refractivity contribution is -0.147. The maximum atomic E-state index is 11.7. The third-order valence-corrected chi connectivity index (χ3v) is 3.25. The summed E-state index contributed by atoms with van der Waals surface area (Å²) in [6.45, 7) is 1.09. The molecule has 0 aliphatic carbocycles. The summed E-state index contributed by atoms with van der Waals surface area (Å²) in [5.41, 5.74) is 2.11. The molecule has 104 valence electrons. The van der Waals surface area contributed by atoms with E-state index in [1.54, 1.807) is 0 Å². The third kappa shape index (κ3) is 4.24. The van der Waals surface area contributed by atoms with Crippen molar-refractivity contribution in [2.75, 3.05) is 25.6 Å². The van der Waals surface area contributed by atoms with Gasteiger partial charge in [-0.2, -0.15) is 0 Å². The Hall–Kier alpha value is -1.55. The molecule has 4 heteroatoms. The number of benzene rings is 1. The summed E-state index contributed by atoms with van der Waals surface area (Å²) < 4.78 is 10.7. The highest BCUT2D eigenvalue weighted by Gasteiger charge is 2.19. The molecular formula is C15H21NO3. The van der Waals surface area contributed by atoms with Crippen LogP contribution in [0.2, 0.25) is 0 Å². The van der Waals surface area contributed by atoms with E-state index in [2.05, 4.69) is 0 Å². The first-order valence-corrected chi connectivity index (χ1v) is 6.68. The molecule has 1 heterocycles. The molecule has 1 fully saturated rings. The molecule has 4 nitrogen and oxygen atoms in total. The first-order chi connectivity index (χ1) is 9.15. The fraction of sp³-hybridized carbons (Fsp3) is 0.533. The van der Waals surface area contributed by atoms with E-state index in [0.29, 0.717) is 13.0 Å². The second kappa shape index (κ2) is 6.57. The molecule has 1 unspecified atom stereocenters. The molecule has 1 aromatic carbocycles. The van der Waals surface area contributed by atoms with E-state index >= 15 is 0 Å². The standard InChI is InChI=1S/C15H21NO3/c1-16(2)13-6-3-5-12(9-13)11-19-15(17)10-14-7-4-8-18-14/h3,5-6,9,14H,4,7-8,10-11H2,1-2H3. The van der Waals surface area contributed by atoms with E-state index < -0.39 is 0 Å². The highest BCUT2D eigenvalue weighted by atomic mass is 16.5. The zero-order valence-electron chi connectivity index (χ0n) is 11.6. The van der Waals surface area contributed by atoms with Crippen molar-refractivity contribution in [3.63, 3.8) is 0 Å². The van der Waals surface area contributed by atoms with Gasteiger partial charge < -0.3 is 14.4 Å². The fourth-order valence-corrected chi connectivity index (χ4v) is 2.14. The quantitative estimate of drug-likeness (QED) is 0.764. The van der Waals surface area contributed by atoms with Gasteiger partial charge in [-0.05, 0) is 30.5 Å². The fourth-order valence-electron chi connectivity index (χ4n) is 2.14. The summed E-state index contributed by atoms with van der Waals surface area (Å²) in [6.07, 6.45) is 2.43. The second-order valence-electron chi connectivity index (χ2n) is 5.06. The Morgan fingerprint density at radius 3 is 3.00 bits per heavy atom. The van der Waals surface area contributed by atoms with Crippen LogP contribution < -0.4 is 4.90 Å². The van der Waals surface area contributed by atoms with Crippen LogP contribution in [0.1, 0.15) is 24.8 Å². The van der Waals surface area contributed by atoms with Gasteiger partial charge in [0, 0.05) is 26.4 Å². The highest BCUT2D eigenvalue weighted by molar-refractivity contribution is 5.70. The molecule has 0 saturated carbocycles.